The predicted molar refractivity (Wildman–Crippen MR) is 110 cm³/mol. The second kappa shape index (κ2) is 8.38. The molecule has 1 atom stereocenters. The van der Waals surface area contributed by atoms with Gasteiger partial charge in [-0.1, -0.05) is 60.9 Å². The molecule has 0 fully saturated rings. The lowest BCUT2D eigenvalue weighted by Gasteiger charge is -2.12. The fraction of sp³-hybridized carbons (Fsp3) is 0.200. The summed E-state index contributed by atoms with van der Waals surface area (Å²) < 4.78 is 5.97. The summed E-state index contributed by atoms with van der Waals surface area (Å²) in [7, 11) is 0. The Bertz CT molecular complexity index is 874. The molecule has 0 bridgehead atoms. The Morgan fingerprint density at radius 3 is 2.00 bits per heavy atom. The molecule has 1 N–H and O–H groups in total. The lowest BCUT2D eigenvalue weighted by atomic mass is 10.1. The molecule has 0 spiro atoms. The van der Waals surface area contributed by atoms with E-state index in [2.05, 4.69) is 4.98 Å². The van der Waals surface area contributed by atoms with E-state index in [0.29, 0.717) is 26.7 Å². The fourth-order valence-corrected chi connectivity index (χ4v) is 3.65. The van der Waals surface area contributed by atoms with Crippen molar-refractivity contribution in [3.05, 3.63) is 58.6 Å². The third-order valence-corrected chi connectivity index (χ3v) is 5.79. The smallest absolute Gasteiger partial charge is 0.317 e. The van der Waals surface area contributed by atoms with Crippen molar-refractivity contribution in [2.75, 3.05) is 0 Å². The second-order valence-electron chi connectivity index (χ2n) is 6.29. The quantitative estimate of drug-likeness (QED) is 0.459. The van der Waals surface area contributed by atoms with Crippen molar-refractivity contribution in [1.29, 1.82) is 0 Å². The fourth-order valence-electron chi connectivity index (χ4n) is 2.53. The zero-order chi connectivity index (χ0) is 19.6. The third kappa shape index (κ3) is 4.67. The molecule has 1 aromatic heterocycles. The molecule has 7 heteroatoms. The number of benzene rings is 2. The normalized spacial score (nSPS) is 12.3. The minimum absolute atomic E-state index is 0.0719. The average molecular weight is 422 g/mol. The van der Waals surface area contributed by atoms with E-state index < -0.39 is 11.2 Å². The summed E-state index contributed by atoms with van der Waals surface area (Å²) in [6.45, 7) is 3.71. The summed E-state index contributed by atoms with van der Waals surface area (Å²) in [5.41, 5.74) is 2.26. The van der Waals surface area contributed by atoms with Crippen LogP contribution in [0.15, 0.2) is 58.2 Å². The van der Waals surface area contributed by atoms with Gasteiger partial charge in [-0.05, 0) is 42.3 Å². The number of carboxylic acids is 1. The molecule has 0 saturated carbocycles. The van der Waals surface area contributed by atoms with Gasteiger partial charge in [-0.25, -0.2) is 4.98 Å². The average Bonchev–Trinajstić information content (AvgIpc) is 3.04. The summed E-state index contributed by atoms with van der Waals surface area (Å²) in [5, 5.41) is 10.4. The largest absolute Gasteiger partial charge is 0.480 e. The highest BCUT2D eigenvalue weighted by Gasteiger charge is 2.27. The number of hydrogen-bond donors (Lipinski definition) is 1. The lowest BCUT2D eigenvalue weighted by Crippen LogP contribution is -2.22. The van der Waals surface area contributed by atoms with Crippen LogP contribution in [0.2, 0.25) is 10.0 Å². The van der Waals surface area contributed by atoms with Crippen LogP contribution in [-0.2, 0) is 4.79 Å². The van der Waals surface area contributed by atoms with E-state index in [1.807, 2.05) is 38.1 Å². The van der Waals surface area contributed by atoms with Crippen LogP contribution in [0.1, 0.15) is 13.8 Å². The molecule has 27 heavy (non-hydrogen) atoms. The predicted octanol–water partition coefficient (Wildman–Crippen LogP) is 6.52. The monoisotopic (exact) mass is 421 g/mol. The van der Waals surface area contributed by atoms with E-state index in [-0.39, 0.29) is 5.92 Å². The number of aliphatic carboxylic acids is 1. The Morgan fingerprint density at radius 2 is 1.52 bits per heavy atom. The highest BCUT2D eigenvalue weighted by Crippen LogP contribution is 2.38. The Labute approximate surface area is 171 Å². The van der Waals surface area contributed by atoms with Crippen molar-refractivity contribution in [2.24, 2.45) is 5.92 Å². The molecule has 3 rings (SSSR count). The number of carboxylic acid groups (broad SMARTS) is 1. The molecule has 1 heterocycles. The van der Waals surface area contributed by atoms with Crippen LogP contribution in [0.4, 0.5) is 0 Å². The van der Waals surface area contributed by atoms with Crippen molar-refractivity contribution in [3.63, 3.8) is 0 Å². The van der Waals surface area contributed by atoms with Gasteiger partial charge in [-0.2, -0.15) is 0 Å². The first-order chi connectivity index (χ1) is 12.8. The Hall–Kier alpha value is -1.95. The molecule has 0 aliphatic heterocycles. The highest BCUT2D eigenvalue weighted by atomic mass is 35.5. The van der Waals surface area contributed by atoms with E-state index in [9.17, 15) is 9.90 Å². The van der Waals surface area contributed by atoms with E-state index in [1.165, 1.54) is 0 Å². The summed E-state index contributed by atoms with van der Waals surface area (Å²) in [5.74, 6) is -0.406. The maximum absolute atomic E-state index is 11.5. The van der Waals surface area contributed by atoms with Crippen LogP contribution >= 0.6 is 35.0 Å². The molecular formula is C20H17Cl2NO3S. The van der Waals surface area contributed by atoms with Crippen LogP contribution in [0.5, 0.6) is 0 Å². The highest BCUT2D eigenvalue weighted by molar-refractivity contribution is 8.00. The molecule has 0 amide bonds. The number of halogens is 2. The molecule has 0 aliphatic carbocycles. The van der Waals surface area contributed by atoms with Crippen molar-refractivity contribution < 1.29 is 14.3 Å². The Kier molecular flexibility index (Phi) is 6.15. The Morgan fingerprint density at radius 1 is 1.00 bits per heavy atom. The molecule has 0 aliphatic rings. The van der Waals surface area contributed by atoms with E-state index in [4.69, 9.17) is 27.6 Å². The number of hydrogen-bond acceptors (Lipinski definition) is 4. The summed E-state index contributed by atoms with van der Waals surface area (Å²) in [6, 6.07) is 14.5. The van der Waals surface area contributed by atoms with Gasteiger partial charge in [0, 0.05) is 21.2 Å². The van der Waals surface area contributed by atoms with Crippen LogP contribution in [0, 0.1) is 5.92 Å². The van der Waals surface area contributed by atoms with Gasteiger partial charge in [0.25, 0.3) is 5.22 Å². The van der Waals surface area contributed by atoms with Crippen LogP contribution in [0.3, 0.4) is 0 Å². The number of nitrogens with zero attached hydrogens (tertiary/aromatic N) is 1. The second-order valence-corrected chi connectivity index (χ2v) is 8.26. The van der Waals surface area contributed by atoms with Gasteiger partial charge in [0.15, 0.2) is 5.76 Å². The lowest BCUT2D eigenvalue weighted by molar-refractivity contribution is -0.137. The van der Waals surface area contributed by atoms with Crippen molar-refractivity contribution >= 4 is 40.9 Å². The number of thioether (sulfide) groups is 1. The van der Waals surface area contributed by atoms with Gasteiger partial charge in [-0.3, -0.25) is 4.79 Å². The van der Waals surface area contributed by atoms with Gasteiger partial charge in [0.05, 0.1) is 0 Å². The minimum atomic E-state index is -0.894. The summed E-state index contributed by atoms with van der Waals surface area (Å²) in [4.78, 5) is 16.1. The molecule has 1 unspecified atom stereocenters. The maximum atomic E-state index is 11.5. The minimum Gasteiger partial charge on any atom is -0.480 e. The molecule has 0 saturated heterocycles. The van der Waals surface area contributed by atoms with E-state index in [0.717, 1.165) is 22.9 Å². The van der Waals surface area contributed by atoms with Crippen LogP contribution in [0.25, 0.3) is 22.6 Å². The SMILES string of the molecule is CC(C)C(Sc1nc(-c2ccc(Cl)cc2)c(-c2ccc(Cl)cc2)o1)C(=O)O. The molecule has 140 valence electrons. The number of carbonyl (C=O) groups is 1. The molecule has 0 radical (unpaired) electrons. The third-order valence-electron chi connectivity index (χ3n) is 3.91. The molecular weight excluding hydrogens is 405 g/mol. The zero-order valence-electron chi connectivity index (χ0n) is 14.6. The number of oxazole rings is 1. The first kappa shape index (κ1) is 19.8. The summed E-state index contributed by atoms with van der Waals surface area (Å²) in [6.07, 6.45) is 0. The van der Waals surface area contributed by atoms with Gasteiger partial charge < -0.3 is 9.52 Å². The van der Waals surface area contributed by atoms with Gasteiger partial charge in [-0.15, -0.1) is 0 Å². The van der Waals surface area contributed by atoms with Crippen molar-refractivity contribution in [2.45, 2.75) is 24.3 Å². The van der Waals surface area contributed by atoms with Gasteiger partial charge in [0.2, 0.25) is 0 Å². The first-order valence-electron chi connectivity index (χ1n) is 8.27. The van der Waals surface area contributed by atoms with E-state index in [1.54, 1.807) is 24.3 Å². The van der Waals surface area contributed by atoms with Gasteiger partial charge in [0.1, 0.15) is 10.9 Å². The number of rotatable bonds is 6. The van der Waals surface area contributed by atoms with Gasteiger partial charge >= 0.3 is 5.97 Å². The zero-order valence-corrected chi connectivity index (χ0v) is 17.0. The standard InChI is InChI=1S/C20H17Cl2NO3S/c1-11(2)18(19(24)25)27-20-23-16(12-3-7-14(21)8-4-12)17(26-20)13-5-9-15(22)10-6-13/h3-11,18H,1-2H3,(H,24,25). The summed E-state index contributed by atoms with van der Waals surface area (Å²) >= 11 is 13.1. The van der Waals surface area contributed by atoms with Crippen molar-refractivity contribution in [1.82, 2.24) is 4.98 Å². The van der Waals surface area contributed by atoms with Crippen molar-refractivity contribution in [3.8, 4) is 22.6 Å². The molecule has 3 aromatic rings. The van der Waals surface area contributed by atoms with E-state index >= 15 is 0 Å². The topological polar surface area (TPSA) is 63.3 Å². The Balaban J connectivity index is 2.07. The first-order valence-corrected chi connectivity index (χ1v) is 9.91. The number of aromatic nitrogens is 1. The molecule has 2 aromatic carbocycles. The van der Waals surface area contributed by atoms with Crippen LogP contribution < -0.4 is 0 Å². The molecule has 4 nitrogen and oxygen atoms in total. The van der Waals surface area contributed by atoms with Crippen LogP contribution in [-0.4, -0.2) is 21.3 Å². The maximum Gasteiger partial charge on any atom is 0.317 e.